The summed E-state index contributed by atoms with van der Waals surface area (Å²) in [6.45, 7) is 4.03. The number of benzene rings is 1. The first-order valence-corrected chi connectivity index (χ1v) is 6.35. The number of nitro groups is 1. The van der Waals surface area contributed by atoms with Crippen LogP contribution >= 0.6 is 0 Å². The predicted molar refractivity (Wildman–Crippen MR) is 76.9 cm³/mol. The van der Waals surface area contributed by atoms with Crippen LogP contribution in [-0.4, -0.2) is 16.5 Å². The van der Waals surface area contributed by atoms with Crippen molar-refractivity contribution in [1.82, 2.24) is 4.98 Å². The maximum Gasteiger partial charge on any atom is 0.273 e. The van der Waals surface area contributed by atoms with Gasteiger partial charge in [-0.25, -0.2) is 4.98 Å². The maximum absolute atomic E-state index is 10.9. The molecular weight excluding hydrogens is 270 g/mol. The van der Waals surface area contributed by atoms with E-state index in [0.29, 0.717) is 29.2 Å². The molecule has 0 amide bonds. The summed E-state index contributed by atoms with van der Waals surface area (Å²) >= 11 is 0. The molecule has 0 saturated heterocycles. The summed E-state index contributed by atoms with van der Waals surface area (Å²) < 4.78 is 5.26. The van der Waals surface area contributed by atoms with Crippen LogP contribution in [0.1, 0.15) is 18.1 Å². The van der Waals surface area contributed by atoms with Crippen molar-refractivity contribution in [2.24, 2.45) is 0 Å². The molecule has 1 aromatic heterocycles. The number of aryl methyl sites for hydroxylation is 1. The Hall–Kier alpha value is -2.94. The van der Waals surface area contributed by atoms with Gasteiger partial charge < -0.3 is 4.74 Å². The van der Waals surface area contributed by atoms with E-state index in [9.17, 15) is 15.4 Å². The molecule has 0 fully saturated rings. The number of hydrogen-bond acceptors (Lipinski definition) is 5. The zero-order chi connectivity index (χ0) is 15.4. The van der Waals surface area contributed by atoms with Crippen molar-refractivity contribution >= 4 is 5.69 Å². The second-order valence-electron chi connectivity index (χ2n) is 4.37. The molecule has 2 aromatic rings. The molecule has 1 heterocycles. The average molecular weight is 283 g/mol. The topological polar surface area (TPSA) is 89.0 Å². The lowest BCUT2D eigenvalue weighted by molar-refractivity contribution is -0.385. The molecule has 0 saturated carbocycles. The maximum atomic E-state index is 10.9. The molecule has 0 unspecified atom stereocenters. The minimum Gasteiger partial charge on any atom is -0.478 e. The molecule has 106 valence electrons. The minimum atomic E-state index is -0.490. The molecule has 1 aromatic carbocycles. The van der Waals surface area contributed by atoms with Gasteiger partial charge in [0.1, 0.15) is 6.07 Å². The summed E-state index contributed by atoms with van der Waals surface area (Å²) in [6.07, 6.45) is 1.59. The smallest absolute Gasteiger partial charge is 0.273 e. The lowest BCUT2D eigenvalue weighted by Gasteiger charge is -2.07. The molecule has 0 radical (unpaired) electrons. The quantitative estimate of drug-likeness (QED) is 0.634. The third kappa shape index (κ3) is 2.98. The highest BCUT2D eigenvalue weighted by Crippen LogP contribution is 2.30. The molecule has 0 N–H and O–H groups in total. The van der Waals surface area contributed by atoms with Gasteiger partial charge in [0.15, 0.2) is 0 Å². The van der Waals surface area contributed by atoms with E-state index in [-0.39, 0.29) is 11.3 Å². The van der Waals surface area contributed by atoms with E-state index in [0.717, 1.165) is 0 Å². The molecule has 0 aliphatic carbocycles. The number of pyridine rings is 1. The molecule has 6 nitrogen and oxygen atoms in total. The molecule has 0 spiro atoms. The largest absolute Gasteiger partial charge is 0.478 e. The van der Waals surface area contributed by atoms with Gasteiger partial charge in [-0.2, -0.15) is 5.26 Å². The fourth-order valence-corrected chi connectivity index (χ4v) is 2.00. The van der Waals surface area contributed by atoms with Crippen molar-refractivity contribution in [3.05, 3.63) is 51.7 Å². The Bertz CT molecular complexity index is 718. The normalized spacial score (nSPS) is 9.95. The molecule has 0 atom stereocenters. The highest BCUT2D eigenvalue weighted by atomic mass is 16.6. The van der Waals surface area contributed by atoms with Gasteiger partial charge in [-0.3, -0.25) is 10.1 Å². The van der Waals surface area contributed by atoms with Crippen LogP contribution in [0.2, 0.25) is 0 Å². The molecule has 0 bridgehead atoms. The lowest BCUT2D eigenvalue weighted by Crippen LogP contribution is -1.96. The number of ether oxygens (including phenoxy) is 1. The third-order valence-electron chi connectivity index (χ3n) is 2.99. The van der Waals surface area contributed by atoms with Crippen LogP contribution in [-0.2, 0) is 0 Å². The van der Waals surface area contributed by atoms with Gasteiger partial charge >= 0.3 is 0 Å². The Morgan fingerprint density at radius 2 is 2.19 bits per heavy atom. The summed E-state index contributed by atoms with van der Waals surface area (Å²) in [5, 5.41) is 20.1. The third-order valence-corrected chi connectivity index (χ3v) is 2.99. The van der Waals surface area contributed by atoms with Gasteiger partial charge in [0.25, 0.3) is 5.69 Å². The van der Waals surface area contributed by atoms with E-state index < -0.39 is 4.92 Å². The van der Waals surface area contributed by atoms with Crippen LogP contribution < -0.4 is 4.74 Å². The van der Waals surface area contributed by atoms with Gasteiger partial charge in [-0.05, 0) is 26.0 Å². The molecule has 0 aliphatic rings. The average Bonchev–Trinajstić information content (AvgIpc) is 2.48. The van der Waals surface area contributed by atoms with E-state index in [1.807, 2.05) is 13.0 Å². The molecule has 2 rings (SSSR count). The summed E-state index contributed by atoms with van der Waals surface area (Å²) in [5.41, 5.74) is 2.03. The van der Waals surface area contributed by atoms with Crippen LogP contribution in [0.4, 0.5) is 5.69 Å². The predicted octanol–water partition coefficient (Wildman–Crippen LogP) is 3.24. The van der Waals surface area contributed by atoms with Gasteiger partial charge in [-0.1, -0.05) is 0 Å². The van der Waals surface area contributed by atoms with Gasteiger partial charge in [0.05, 0.1) is 17.1 Å². The van der Waals surface area contributed by atoms with Gasteiger partial charge in [-0.15, -0.1) is 0 Å². The Morgan fingerprint density at radius 3 is 2.71 bits per heavy atom. The highest BCUT2D eigenvalue weighted by molar-refractivity contribution is 5.73. The Morgan fingerprint density at radius 1 is 1.43 bits per heavy atom. The van der Waals surface area contributed by atoms with E-state index >= 15 is 0 Å². The lowest BCUT2D eigenvalue weighted by atomic mass is 9.98. The Balaban J connectivity index is 2.51. The van der Waals surface area contributed by atoms with Gasteiger partial charge in [0.2, 0.25) is 5.88 Å². The number of aromatic nitrogens is 1. The van der Waals surface area contributed by atoms with Crippen LogP contribution in [0.3, 0.4) is 0 Å². The monoisotopic (exact) mass is 283 g/mol. The fraction of sp³-hybridized carbons (Fsp3) is 0.200. The summed E-state index contributed by atoms with van der Waals surface area (Å²) in [7, 11) is 0. The Kier molecular flexibility index (Phi) is 4.14. The van der Waals surface area contributed by atoms with E-state index in [4.69, 9.17) is 4.74 Å². The highest BCUT2D eigenvalue weighted by Gasteiger charge is 2.16. The van der Waals surface area contributed by atoms with Crippen LogP contribution in [0.25, 0.3) is 11.1 Å². The molecular formula is C15H13N3O3. The number of nitriles is 1. The molecule has 6 heteroatoms. The van der Waals surface area contributed by atoms with Crippen molar-refractivity contribution in [1.29, 1.82) is 5.26 Å². The van der Waals surface area contributed by atoms with Crippen molar-refractivity contribution in [3.63, 3.8) is 0 Å². The zero-order valence-corrected chi connectivity index (χ0v) is 11.7. The first kappa shape index (κ1) is 14.5. The fourth-order valence-electron chi connectivity index (χ4n) is 2.00. The second kappa shape index (κ2) is 6.01. The van der Waals surface area contributed by atoms with E-state index in [2.05, 4.69) is 4.98 Å². The molecule has 21 heavy (non-hydrogen) atoms. The van der Waals surface area contributed by atoms with Crippen molar-refractivity contribution < 1.29 is 9.66 Å². The summed E-state index contributed by atoms with van der Waals surface area (Å²) in [6, 6.07) is 8.40. The standard InChI is InChI=1S/C15H13N3O3/c1-3-21-15-5-4-11(9-17-15)13-6-10(2)14(18(19)20)7-12(13)8-16/h4-7,9H,3H2,1-2H3. The van der Waals surface area contributed by atoms with Crippen molar-refractivity contribution in [3.8, 4) is 23.1 Å². The summed E-state index contributed by atoms with van der Waals surface area (Å²) in [4.78, 5) is 14.6. The first-order valence-electron chi connectivity index (χ1n) is 6.35. The second-order valence-corrected chi connectivity index (χ2v) is 4.37. The van der Waals surface area contributed by atoms with Crippen LogP contribution in [0, 0.1) is 28.4 Å². The SMILES string of the molecule is CCOc1ccc(-c2cc(C)c([N+](=O)[O-])cc2C#N)cn1. The van der Waals surface area contributed by atoms with Crippen molar-refractivity contribution in [2.45, 2.75) is 13.8 Å². The number of nitrogens with zero attached hydrogens (tertiary/aromatic N) is 3. The zero-order valence-electron chi connectivity index (χ0n) is 11.7. The van der Waals surface area contributed by atoms with Gasteiger partial charge in [0, 0.05) is 35.0 Å². The minimum absolute atomic E-state index is 0.0609. The van der Waals surface area contributed by atoms with Crippen LogP contribution in [0.15, 0.2) is 30.5 Å². The first-order chi connectivity index (χ1) is 10.1. The molecule has 0 aliphatic heterocycles. The van der Waals surface area contributed by atoms with E-state index in [1.54, 1.807) is 31.3 Å². The number of rotatable bonds is 4. The Labute approximate surface area is 121 Å². The number of hydrogen-bond donors (Lipinski definition) is 0. The van der Waals surface area contributed by atoms with E-state index in [1.165, 1.54) is 6.07 Å². The van der Waals surface area contributed by atoms with Crippen molar-refractivity contribution in [2.75, 3.05) is 6.61 Å². The van der Waals surface area contributed by atoms with Crippen LogP contribution in [0.5, 0.6) is 5.88 Å². The summed E-state index contributed by atoms with van der Waals surface area (Å²) in [5.74, 6) is 0.499. The number of nitro benzene ring substituents is 1.